The lowest BCUT2D eigenvalue weighted by atomic mass is 10.0. The molecular weight excluding hydrogens is 426 g/mol. The average molecular weight is 454 g/mol. The Morgan fingerprint density at radius 2 is 1.81 bits per heavy atom. The minimum Gasteiger partial charge on any atom is -0.456 e. The van der Waals surface area contributed by atoms with Crippen LogP contribution in [0.4, 0.5) is 0 Å². The SMILES string of the molecule is Cc1ccc(C(=O)N[C@H](C(=O)OCC(=O)c2cc(C)n(-c3nccs3)c2C)C(C)C)cc1. The van der Waals surface area contributed by atoms with Crippen molar-refractivity contribution >= 4 is 29.0 Å². The van der Waals surface area contributed by atoms with Crippen LogP contribution >= 0.6 is 11.3 Å². The van der Waals surface area contributed by atoms with E-state index in [9.17, 15) is 14.4 Å². The Morgan fingerprint density at radius 3 is 2.41 bits per heavy atom. The molecule has 0 bridgehead atoms. The number of Topliss-reactive ketones (excluding diaryl/α,β-unsaturated/α-hetero) is 1. The molecule has 1 amide bonds. The predicted molar refractivity (Wildman–Crippen MR) is 123 cm³/mol. The molecule has 1 N–H and O–H groups in total. The van der Waals surface area contributed by atoms with Crippen LogP contribution in [0.1, 0.15) is 51.5 Å². The van der Waals surface area contributed by atoms with Crippen molar-refractivity contribution in [1.29, 1.82) is 0 Å². The van der Waals surface area contributed by atoms with Gasteiger partial charge in [-0.2, -0.15) is 0 Å². The van der Waals surface area contributed by atoms with Gasteiger partial charge < -0.3 is 10.1 Å². The topological polar surface area (TPSA) is 90.3 Å². The highest BCUT2D eigenvalue weighted by atomic mass is 32.1. The third kappa shape index (κ3) is 5.13. The van der Waals surface area contributed by atoms with Crippen LogP contribution in [-0.2, 0) is 9.53 Å². The fourth-order valence-corrected chi connectivity index (χ4v) is 4.15. The number of hydrogen-bond acceptors (Lipinski definition) is 6. The Balaban J connectivity index is 1.66. The highest BCUT2D eigenvalue weighted by Gasteiger charge is 2.27. The number of amides is 1. The van der Waals surface area contributed by atoms with Crippen LogP contribution in [0.15, 0.2) is 41.9 Å². The van der Waals surface area contributed by atoms with E-state index in [0.717, 1.165) is 22.1 Å². The number of benzene rings is 1. The van der Waals surface area contributed by atoms with Crippen molar-refractivity contribution in [3.8, 4) is 5.13 Å². The fraction of sp³-hybridized carbons (Fsp3) is 0.333. The zero-order valence-electron chi connectivity index (χ0n) is 18.8. The number of carbonyl (C=O) groups is 3. The molecule has 1 atom stereocenters. The molecule has 32 heavy (non-hydrogen) atoms. The second-order valence-electron chi connectivity index (χ2n) is 8.03. The molecule has 0 fully saturated rings. The van der Waals surface area contributed by atoms with Crippen LogP contribution in [0.25, 0.3) is 5.13 Å². The summed E-state index contributed by atoms with van der Waals surface area (Å²) >= 11 is 1.47. The lowest BCUT2D eigenvalue weighted by Crippen LogP contribution is -2.45. The molecule has 2 aromatic heterocycles. The van der Waals surface area contributed by atoms with Gasteiger partial charge in [-0.1, -0.05) is 31.5 Å². The van der Waals surface area contributed by atoms with Gasteiger partial charge in [0.05, 0.1) is 0 Å². The quantitative estimate of drug-likeness (QED) is 0.411. The summed E-state index contributed by atoms with van der Waals surface area (Å²) in [5.74, 6) is -1.51. The van der Waals surface area contributed by atoms with Gasteiger partial charge in [-0.25, -0.2) is 9.78 Å². The van der Waals surface area contributed by atoms with Crippen molar-refractivity contribution in [2.24, 2.45) is 5.92 Å². The minimum atomic E-state index is -0.862. The lowest BCUT2D eigenvalue weighted by molar-refractivity contribution is -0.145. The van der Waals surface area contributed by atoms with Gasteiger partial charge in [0.2, 0.25) is 5.78 Å². The molecule has 0 unspecified atom stereocenters. The number of nitrogens with zero attached hydrogens (tertiary/aromatic N) is 2. The number of thiazole rings is 1. The maximum absolute atomic E-state index is 12.8. The molecule has 0 aliphatic rings. The summed E-state index contributed by atoms with van der Waals surface area (Å²) in [7, 11) is 0. The van der Waals surface area contributed by atoms with Gasteiger partial charge in [-0.15, -0.1) is 11.3 Å². The number of rotatable bonds is 8. The first-order chi connectivity index (χ1) is 15.2. The van der Waals surface area contributed by atoms with Crippen molar-refractivity contribution in [2.45, 2.75) is 40.7 Å². The van der Waals surface area contributed by atoms with Crippen LogP contribution in [0.2, 0.25) is 0 Å². The van der Waals surface area contributed by atoms with E-state index in [1.807, 2.05) is 56.7 Å². The number of aryl methyl sites for hydroxylation is 2. The monoisotopic (exact) mass is 453 g/mol. The maximum Gasteiger partial charge on any atom is 0.329 e. The zero-order valence-corrected chi connectivity index (χ0v) is 19.7. The molecule has 0 spiro atoms. The summed E-state index contributed by atoms with van der Waals surface area (Å²) < 4.78 is 7.21. The van der Waals surface area contributed by atoms with E-state index in [1.54, 1.807) is 24.4 Å². The minimum absolute atomic E-state index is 0.207. The normalized spacial score (nSPS) is 11.9. The predicted octanol–water partition coefficient (Wildman–Crippen LogP) is 4.04. The number of hydrogen-bond donors (Lipinski definition) is 1. The smallest absolute Gasteiger partial charge is 0.329 e. The molecule has 8 heteroatoms. The average Bonchev–Trinajstić information content (AvgIpc) is 3.37. The van der Waals surface area contributed by atoms with Crippen LogP contribution < -0.4 is 5.32 Å². The molecule has 7 nitrogen and oxygen atoms in total. The Kier molecular flexibility index (Phi) is 7.25. The number of carbonyl (C=O) groups excluding carboxylic acids is 3. The molecule has 0 aliphatic carbocycles. The molecular formula is C24H27N3O4S. The second-order valence-corrected chi connectivity index (χ2v) is 8.90. The highest BCUT2D eigenvalue weighted by Crippen LogP contribution is 2.22. The summed E-state index contributed by atoms with van der Waals surface area (Å²) in [4.78, 5) is 42.3. The summed E-state index contributed by atoms with van der Waals surface area (Å²) in [6.45, 7) is 8.89. The van der Waals surface area contributed by atoms with E-state index < -0.39 is 18.6 Å². The number of aromatic nitrogens is 2. The molecule has 0 saturated carbocycles. The summed E-state index contributed by atoms with van der Waals surface area (Å²) in [5.41, 5.74) is 3.59. The summed E-state index contributed by atoms with van der Waals surface area (Å²) in [6, 6.07) is 7.98. The Morgan fingerprint density at radius 1 is 1.12 bits per heavy atom. The van der Waals surface area contributed by atoms with Crippen molar-refractivity contribution in [3.05, 3.63) is 70.0 Å². The molecule has 3 aromatic rings. The van der Waals surface area contributed by atoms with E-state index in [2.05, 4.69) is 10.3 Å². The van der Waals surface area contributed by atoms with Gasteiger partial charge in [0.1, 0.15) is 6.04 Å². The molecule has 2 heterocycles. The van der Waals surface area contributed by atoms with E-state index in [1.165, 1.54) is 11.3 Å². The number of nitrogens with one attached hydrogen (secondary N) is 1. The number of esters is 1. The zero-order chi connectivity index (χ0) is 23.4. The maximum atomic E-state index is 12.8. The van der Waals surface area contributed by atoms with Crippen molar-refractivity contribution in [3.63, 3.8) is 0 Å². The standard InChI is InChI=1S/C24H27N3O4S/c1-14(2)21(26-22(29)18-8-6-15(3)7-9-18)23(30)31-13-20(28)19-12-16(4)27(17(19)5)24-25-10-11-32-24/h6-12,14,21H,13H2,1-5H3,(H,26,29)/t21-/m0/s1. The third-order valence-electron chi connectivity index (χ3n) is 5.21. The first-order valence-corrected chi connectivity index (χ1v) is 11.2. The molecule has 168 valence electrons. The molecule has 3 rings (SSSR count). The number of ether oxygens (including phenoxy) is 1. The lowest BCUT2D eigenvalue weighted by Gasteiger charge is -2.20. The van der Waals surface area contributed by atoms with Crippen LogP contribution in [-0.4, -0.2) is 39.9 Å². The van der Waals surface area contributed by atoms with Gasteiger partial charge in [0.15, 0.2) is 11.7 Å². The van der Waals surface area contributed by atoms with E-state index in [4.69, 9.17) is 4.74 Å². The van der Waals surface area contributed by atoms with Crippen molar-refractivity contribution < 1.29 is 19.1 Å². The van der Waals surface area contributed by atoms with Crippen LogP contribution in [0.3, 0.4) is 0 Å². The molecule has 0 saturated heterocycles. The molecule has 0 aliphatic heterocycles. The van der Waals surface area contributed by atoms with Crippen molar-refractivity contribution in [2.75, 3.05) is 6.61 Å². The summed E-state index contributed by atoms with van der Waals surface area (Å²) in [5, 5.41) is 5.37. The third-order valence-corrected chi connectivity index (χ3v) is 5.97. The molecule has 1 aromatic carbocycles. The Bertz CT molecular complexity index is 1120. The fourth-order valence-electron chi connectivity index (χ4n) is 3.40. The van der Waals surface area contributed by atoms with E-state index in [-0.39, 0.29) is 17.6 Å². The first-order valence-electron chi connectivity index (χ1n) is 10.3. The van der Waals surface area contributed by atoms with Crippen molar-refractivity contribution in [1.82, 2.24) is 14.9 Å². The molecule has 0 radical (unpaired) electrons. The van der Waals surface area contributed by atoms with Gasteiger partial charge in [-0.05, 0) is 44.9 Å². The number of ketones is 1. The van der Waals surface area contributed by atoms with Gasteiger partial charge in [0.25, 0.3) is 5.91 Å². The first kappa shape index (κ1) is 23.4. The second kappa shape index (κ2) is 9.91. The Hall–Kier alpha value is -3.26. The highest BCUT2D eigenvalue weighted by molar-refractivity contribution is 7.12. The van der Waals surface area contributed by atoms with Crippen LogP contribution in [0, 0.1) is 26.7 Å². The van der Waals surface area contributed by atoms with Gasteiger partial charge >= 0.3 is 5.97 Å². The van der Waals surface area contributed by atoms with Crippen LogP contribution in [0.5, 0.6) is 0 Å². The van der Waals surface area contributed by atoms with Gasteiger partial charge in [0, 0.05) is 34.1 Å². The van der Waals surface area contributed by atoms with E-state index >= 15 is 0 Å². The largest absolute Gasteiger partial charge is 0.456 e. The summed E-state index contributed by atoms with van der Waals surface area (Å²) in [6.07, 6.45) is 1.71. The van der Waals surface area contributed by atoms with Gasteiger partial charge in [-0.3, -0.25) is 14.2 Å². The Labute approximate surface area is 191 Å². The van der Waals surface area contributed by atoms with E-state index in [0.29, 0.717) is 11.1 Å².